The number of pyridine rings is 1. The normalized spacial score (nSPS) is 12.6. The van der Waals surface area contributed by atoms with Gasteiger partial charge in [-0.15, -0.1) is 0 Å². The van der Waals surface area contributed by atoms with Gasteiger partial charge in [-0.3, -0.25) is 4.98 Å². The van der Waals surface area contributed by atoms with Gasteiger partial charge in [-0.05, 0) is 48.3 Å². The minimum atomic E-state index is 0.109. The number of hydrogen-bond donors (Lipinski definition) is 1. The van der Waals surface area contributed by atoms with E-state index in [4.69, 9.17) is 16.0 Å². The second-order valence-corrected chi connectivity index (χ2v) is 4.84. The Morgan fingerprint density at radius 3 is 2.63 bits per heavy atom. The lowest BCUT2D eigenvalue weighted by Gasteiger charge is -2.15. The van der Waals surface area contributed by atoms with Crippen molar-refractivity contribution in [1.82, 2.24) is 10.3 Å². The van der Waals surface area contributed by atoms with Gasteiger partial charge in [-0.1, -0.05) is 19.9 Å². The maximum Gasteiger partial charge on any atom is 0.193 e. The third-order valence-electron chi connectivity index (χ3n) is 3.10. The van der Waals surface area contributed by atoms with Crippen molar-refractivity contribution in [3.63, 3.8) is 0 Å². The molecule has 0 saturated carbocycles. The average molecular weight is 279 g/mol. The molecule has 2 rings (SSSR count). The third-order valence-corrected chi connectivity index (χ3v) is 3.30. The Hall–Kier alpha value is -1.32. The fourth-order valence-corrected chi connectivity index (χ4v) is 2.18. The number of nitrogens with one attached hydrogen (secondary N) is 1. The van der Waals surface area contributed by atoms with Gasteiger partial charge in [0.15, 0.2) is 5.22 Å². The molecule has 2 aromatic rings. The Kier molecular flexibility index (Phi) is 5.00. The van der Waals surface area contributed by atoms with Crippen LogP contribution < -0.4 is 5.32 Å². The molecule has 0 fully saturated rings. The van der Waals surface area contributed by atoms with Crippen molar-refractivity contribution < 1.29 is 4.42 Å². The number of furan rings is 1. The van der Waals surface area contributed by atoms with Crippen LogP contribution in [0.5, 0.6) is 0 Å². The Labute approximate surface area is 119 Å². The SMILES string of the molecule is CCNC(Cc1ccc(CC)cn1)c1ccc(Cl)o1. The smallest absolute Gasteiger partial charge is 0.193 e. The summed E-state index contributed by atoms with van der Waals surface area (Å²) < 4.78 is 5.49. The third kappa shape index (κ3) is 3.82. The number of rotatable bonds is 6. The molecule has 0 aliphatic carbocycles. The summed E-state index contributed by atoms with van der Waals surface area (Å²) in [5, 5.41) is 3.82. The van der Waals surface area contributed by atoms with E-state index in [2.05, 4.69) is 36.3 Å². The van der Waals surface area contributed by atoms with E-state index in [1.807, 2.05) is 12.3 Å². The lowest BCUT2D eigenvalue weighted by Crippen LogP contribution is -2.22. The lowest BCUT2D eigenvalue weighted by atomic mass is 10.1. The summed E-state index contributed by atoms with van der Waals surface area (Å²) in [5.74, 6) is 0.855. The summed E-state index contributed by atoms with van der Waals surface area (Å²) in [4.78, 5) is 4.49. The Morgan fingerprint density at radius 2 is 2.11 bits per heavy atom. The molecule has 2 aromatic heterocycles. The van der Waals surface area contributed by atoms with Gasteiger partial charge in [-0.25, -0.2) is 0 Å². The molecule has 19 heavy (non-hydrogen) atoms. The van der Waals surface area contributed by atoms with Gasteiger partial charge < -0.3 is 9.73 Å². The van der Waals surface area contributed by atoms with Crippen LogP contribution in [0.3, 0.4) is 0 Å². The van der Waals surface area contributed by atoms with Crippen molar-refractivity contribution in [1.29, 1.82) is 0 Å². The minimum Gasteiger partial charge on any atom is -0.448 e. The molecular formula is C15H19ClN2O. The largest absolute Gasteiger partial charge is 0.448 e. The Morgan fingerprint density at radius 1 is 1.26 bits per heavy atom. The number of aromatic nitrogens is 1. The van der Waals surface area contributed by atoms with Crippen LogP contribution in [0.1, 0.15) is 36.9 Å². The topological polar surface area (TPSA) is 38.1 Å². The quantitative estimate of drug-likeness (QED) is 0.874. The Balaban J connectivity index is 2.11. The number of hydrogen-bond acceptors (Lipinski definition) is 3. The molecule has 1 atom stereocenters. The van der Waals surface area contributed by atoms with Gasteiger partial charge in [0.05, 0.1) is 6.04 Å². The van der Waals surface area contributed by atoms with E-state index >= 15 is 0 Å². The number of aryl methyl sites for hydroxylation is 1. The summed E-state index contributed by atoms with van der Waals surface area (Å²) in [6.07, 6.45) is 3.74. The number of nitrogens with zero attached hydrogens (tertiary/aromatic N) is 1. The van der Waals surface area contributed by atoms with E-state index in [0.29, 0.717) is 5.22 Å². The average Bonchev–Trinajstić information content (AvgIpc) is 2.86. The van der Waals surface area contributed by atoms with Crippen molar-refractivity contribution in [2.24, 2.45) is 0 Å². The monoisotopic (exact) mass is 278 g/mol. The molecule has 4 heteroatoms. The molecule has 0 bridgehead atoms. The first-order chi connectivity index (χ1) is 9.22. The van der Waals surface area contributed by atoms with Crippen LogP contribution >= 0.6 is 11.6 Å². The highest BCUT2D eigenvalue weighted by molar-refractivity contribution is 6.28. The van der Waals surface area contributed by atoms with E-state index in [1.165, 1.54) is 5.56 Å². The maximum absolute atomic E-state index is 5.84. The standard InChI is InChI=1S/C15H19ClN2O/c1-3-11-5-6-12(18-10-11)9-13(17-4-2)14-7-8-15(16)19-14/h5-8,10,13,17H,3-4,9H2,1-2H3. The van der Waals surface area contributed by atoms with Crippen LogP contribution in [-0.2, 0) is 12.8 Å². The molecule has 0 saturated heterocycles. The molecule has 0 radical (unpaired) electrons. The van der Waals surface area contributed by atoms with Crippen LogP contribution in [-0.4, -0.2) is 11.5 Å². The van der Waals surface area contributed by atoms with Crippen molar-refractivity contribution in [3.05, 3.63) is 52.7 Å². The molecule has 1 unspecified atom stereocenters. The van der Waals surface area contributed by atoms with Crippen LogP contribution in [0.15, 0.2) is 34.9 Å². The van der Waals surface area contributed by atoms with Crippen LogP contribution in [0.25, 0.3) is 0 Å². The summed E-state index contributed by atoms with van der Waals surface area (Å²) >= 11 is 5.84. The molecule has 0 spiro atoms. The highest BCUT2D eigenvalue weighted by Gasteiger charge is 2.15. The maximum atomic E-state index is 5.84. The van der Waals surface area contributed by atoms with Crippen molar-refractivity contribution in [2.75, 3.05) is 6.54 Å². The number of halogens is 1. The van der Waals surface area contributed by atoms with Gasteiger partial charge in [0, 0.05) is 18.3 Å². The lowest BCUT2D eigenvalue weighted by molar-refractivity contribution is 0.415. The predicted octanol–water partition coefficient (Wildman–Crippen LogP) is 3.78. The van der Waals surface area contributed by atoms with E-state index in [0.717, 1.165) is 30.8 Å². The molecule has 0 amide bonds. The van der Waals surface area contributed by atoms with Crippen LogP contribution in [0.2, 0.25) is 5.22 Å². The first kappa shape index (κ1) is 14.1. The molecule has 0 aliphatic rings. The second-order valence-electron chi connectivity index (χ2n) is 4.47. The van der Waals surface area contributed by atoms with Crippen molar-refractivity contribution in [3.8, 4) is 0 Å². The van der Waals surface area contributed by atoms with E-state index in [1.54, 1.807) is 6.07 Å². The minimum absolute atomic E-state index is 0.109. The van der Waals surface area contributed by atoms with Gasteiger partial charge in [0.2, 0.25) is 0 Å². The predicted molar refractivity (Wildman–Crippen MR) is 77.5 cm³/mol. The fourth-order valence-electron chi connectivity index (χ4n) is 2.03. The van der Waals surface area contributed by atoms with Gasteiger partial charge in [0.1, 0.15) is 5.76 Å². The molecule has 102 valence electrons. The first-order valence-electron chi connectivity index (χ1n) is 6.65. The zero-order valence-corrected chi connectivity index (χ0v) is 12.1. The zero-order chi connectivity index (χ0) is 13.7. The van der Waals surface area contributed by atoms with E-state index in [-0.39, 0.29) is 6.04 Å². The second kappa shape index (κ2) is 6.73. The van der Waals surface area contributed by atoms with Gasteiger partial charge in [-0.2, -0.15) is 0 Å². The molecule has 2 heterocycles. The zero-order valence-electron chi connectivity index (χ0n) is 11.3. The fraction of sp³-hybridized carbons (Fsp3) is 0.400. The Bertz CT molecular complexity index is 507. The molecular weight excluding hydrogens is 260 g/mol. The summed E-state index contributed by atoms with van der Waals surface area (Å²) in [6.45, 7) is 5.07. The molecule has 0 aromatic carbocycles. The molecule has 0 aliphatic heterocycles. The first-order valence-corrected chi connectivity index (χ1v) is 7.03. The van der Waals surface area contributed by atoms with E-state index < -0.39 is 0 Å². The molecule has 1 N–H and O–H groups in total. The van der Waals surface area contributed by atoms with Gasteiger partial charge >= 0.3 is 0 Å². The highest BCUT2D eigenvalue weighted by Crippen LogP contribution is 2.22. The van der Waals surface area contributed by atoms with Crippen molar-refractivity contribution >= 4 is 11.6 Å². The van der Waals surface area contributed by atoms with E-state index in [9.17, 15) is 0 Å². The van der Waals surface area contributed by atoms with Gasteiger partial charge in [0.25, 0.3) is 0 Å². The molecule has 3 nitrogen and oxygen atoms in total. The number of likely N-dealkylation sites (N-methyl/N-ethyl adjacent to an activating group) is 1. The summed E-state index contributed by atoms with van der Waals surface area (Å²) in [7, 11) is 0. The van der Waals surface area contributed by atoms with Crippen LogP contribution in [0, 0.1) is 0 Å². The van der Waals surface area contributed by atoms with Crippen LogP contribution in [0.4, 0.5) is 0 Å². The highest BCUT2D eigenvalue weighted by atomic mass is 35.5. The summed E-state index contributed by atoms with van der Waals surface area (Å²) in [6, 6.07) is 8.00. The summed E-state index contributed by atoms with van der Waals surface area (Å²) in [5.41, 5.74) is 2.31. The van der Waals surface area contributed by atoms with Crippen molar-refractivity contribution in [2.45, 2.75) is 32.7 Å².